The SMILES string of the molecule is Cc1ccc(S(=O)(=O)OC2CC(C)(C)C2(C)C)cc1. The van der Waals surface area contributed by atoms with Crippen LogP contribution in [-0.4, -0.2) is 14.5 Å². The molecule has 1 aromatic carbocycles. The van der Waals surface area contributed by atoms with E-state index in [1.165, 1.54) is 0 Å². The summed E-state index contributed by atoms with van der Waals surface area (Å²) in [6, 6.07) is 6.77. The van der Waals surface area contributed by atoms with Gasteiger partial charge in [0.05, 0.1) is 11.0 Å². The summed E-state index contributed by atoms with van der Waals surface area (Å²) in [6.45, 7) is 10.3. The lowest BCUT2D eigenvalue weighted by Crippen LogP contribution is -2.56. The van der Waals surface area contributed by atoms with Crippen LogP contribution in [0.5, 0.6) is 0 Å². The predicted molar refractivity (Wildman–Crippen MR) is 75.4 cm³/mol. The Kier molecular flexibility index (Phi) is 3.30. The Morgan fingerprint density at radius 2 is 1.63 bits per heavy atom. The Labute approximate surface area is 116 Å². The first-order valence-electron chi connectivity index (χ1n) is 6.56. The fourth-order valence-electron chi connectivity index (χ4n) is 2.35. The van der Waals surface area contributed by atoms with Crippen molar-refractivity contribution in [3.05, 3.63) is 29.8 Å². The van der Waals surface area contributed by atoms with Crippen molar-refractivity contribution in [1.82, 2.24) is 0 Å². The fourth-order valence-corrected chi connectivity index (χ4v) is 3.55. The lowest BCUT2D eigenvalue weighted by Gasteiger charge is -2.57. The summed E-state index contributed by atoms with van der Waals surface area (Å²) in [4.78, 5) is 0.235. The zero-order valence-electron chi connectivity index (χ0n) is 12.2. The van der Waals surface area contributed by atoms with Crippen LogP contribution in [0.1, 0.15) is 39.7 Å². The zero-order valence-corrected chi connectivity index (χ0v) is 13.0. The van der Waals surface area contributed by atoms with Crippen molar-refractivity contribution in [2.24, 2.45) is 10.8 Å². The third kappa shape index (κ3) is 2.43. The molecule has 2 rings (SSSR count). The molecule has 0 radical (unpaired) electrons. The molecule has 0 heterocycles. The van der Waals surface area contributed by atoms with Gasteiger partial charge >= 0.3 is 0 Å². The van der Waals surface area contributed by atoms with Crippen LogP contribution in [-0.2, 0) is 14.3 Å². The molecule has 1 aliphatic carbocycles. The number of hydrogen-bond donors (Lipinski definition) is 0. The third-order valence-corrected chi connectivity index (χ3v) is 6.13. The molecule has 3 nitrogen and oxygen atoms in total. The Morgan fingerprint density at radius 3 is 2.05 bits per heavy atom. The van der Waals surface area contributed by atoms with Crippen molar-refractivity contribution in [2.45, 2.75) is 52.0 Å². The van der Waals surface area contributed by atoms with Crippen molar-refractivity contribution in [3.8, 4) is 0 Å². The van der Waals surface area contributed by atoms with Crippen LogP contribution in [0.2, 0.25) is 0 Å². The van der Waals surface area contributed by atoms with Crippen LogP contribution >= 0.6 is 0 Å². The molecule has 0 N–H and O–H groups in total. The number of rotatable bonds is 3. The smallest absolute Gasteiger partial charge is 0.262 e. The molecule has 0 amide bonds. The maximum absolute atomic E-state index is 12.2. The van der Waals surface area contributed by atoms with Crippen LogP contribution in [0, 0.1) is 17.8 Å². The van der Waals surface area contributed by atoms with E-state index in [1.54, 1.807) is 24.3 Å². The molecule has 1 saturated carbocycles. The zero-order chi connectivity index (χ0) is 14.5. The van der Waals surface area contributed by atoms with Crippen molar-refractivity contribution in [3.63, 3.8) is 0 Å². The van der Waals surface area contributed by atoms with Gasteiger partial charge in [-0.05, 0) is 36.3 Å². The largest absolute Gasteiger partial charge is 0.297 e. The first kappa shape index (κ1) is 14.5. The van der Waals surface area contributed by atoms with E-state index in [9.17, 15) is 8.42 Å². The molecule has 1 aliphatic rings. The number of aryl methyl sites for hydroxylation is 1. The summed E-state index contributed by atoms with van der Waals surface area (Å²) >= 11 is 0. The molecule has 106 valence electrons. The summed E-state index contributed by atoms with van der Waals surface area (Å²) < 4.78 is 29.9. The van der Waals surface area contributed by atoms with Gasteiger partial charge in [-0.1, -0.05) is 45.4 Å². The first-order chi connectivity index (χ1) is 8.56. The molecular weight excluding hydrogens is 260 g/mol. The first-order valence-corrected chi connectivity index (χ1v) is 7.97. The predicted octanol–water partition coefficient (Wildman–Crippen LogP) is 3.53. The molecule has 0 bridgehead atoms. The summed E-state index contributed by atoms with van der Waals surface area (Å²) in [5.41, 5.74) is 1.01. The Balaban J connectivity index is 2.18. The molecule has 1 fully saturated rings. The average molecular weight is 282 g/mol. The summed E-state index contributed by atoms with van der Waals surface area (Å²) in [6.07, 6.45) is 0.527. The van der Waals surface area contributed by atoms with E-state index in [4.69, 9.17) is 4.18 Å². The van der Waals surface area contributed by atoms with E-state index in [-0.39, 0.29) is 21.8 Å². The second kappa shape index (κ2) is 4.32. The minimum absolute atomic E-state index is 0.112. The monoisotopic (exact) mass is 282 g/mol. The molecule has 1 unspecified atom stereocenters. The van der Waals surface area contributed by atoms with Gasteiger partial charge < -0.3 is 0 Å². The molecule has 1 atom stereocenters. The third-order valence-electron chi connectivity index (χ3n) is 4.80. The standard InChI is InChI=1S/C15H22O3S/c1-11-6-8-12(9-7-11)19(16,17)18-13-10-14(2,3)15(13,4)5/h6-9,13H,10H2,1-5H3. The molecular formula is C15H22O3S. The van der Waals surface area contributed by atoms with E-state index < -0.39 is 10.1 Å². The van der Waals surface area contributed by atoms with Gasteiger partial charge in [0.25, 0.3) is 10.1 Å². The molecule has 0 spiro atoms. The highest BCUT2D eigenvalue weighted by Crippen LogP contribution is 2.57. The lowest BCUT2D eigenvalue weighted by atomic mass is 9.51. The van der Waals surface area contributed by atoms with Gasteiger partial charge in [0.15, 0.2) is 0 Å². The summed E-state index contributed by atoms with van der Waals surface area (Å²) in [5, 5.41) is 0. The average Bonchev–Trinajstić information content (AvgIpc) is 2.28. The van der Waals surface area contributed by atoms with Crippen LogP contribution in [0.25, 0.3) is 0 Å². The van der Waals surface area contributed by atoms with Gasteiger partial charge in [-0.25, -0.2) is 0 Å². The van der Waals surface area contributed by atoms with E-state index in [2.05, 4.69) is 27.7 Å². The van der Waals surface area contributed by atoms with E-state index in [0.717, 1.165) is 12.0 Å². The van der Waals surface area contributed by atoms with Crippen molar-refractivity contribution >= 4 is 10.1 Å². The van der Waals surface area contributed by atoms with Gasteiger partial charge in [-0.15, -0.1) is 0 Å². The highest BCUT2D eigenvalue weighted by atomic mass is 32.2. The number of benzene rings is 1. The van der Waals surface area contributed by atoms with Crippen molar-refractivity contribution < 1.29 is 12.6 Å². The highest BCUT2D eigenvalue weighted by molar-refractivity contribution is 7.86. The van der Waals surface area contributed by atoms with Gasteiger partial charge in [-0.3, -0.25) is 4.18 Å². The van der Waals surface area contributed by atoms with Crippen LogP contribution in [0.3, 0.4) is 0 Å². The molecule has 0 saturated heterocycles. The molecule has 19 heavy (non-hydrogen) atoms. The lowest BCUT2D eigenvalue weighted by molar-refractivity contribution is -0.134. The Morgan fingerprint density at radius 1 is 1.11 bits per heavy atom. The summed E-state index contributed by atoms with van der Waals surface area (Å²) in [5.74, 6) is 0. The second-order valence-corrected chi connectivity index (χ2v) is 8.23. The van der Waals surface area contributed by atoms with E-state index >= 15 is 0 Å². The van der Waals surface area contributed by atoms with Crippen LogP contribution < -0.4 is 0 Å². The normalized spacial score (nSPS) is 24.8. The quantitative estimate of drug-likeness (QED) is 0.797. The fraction of sp³-hybridized carbons (Fsp3) is 0.600. The van der Waals surface area contributed by atoms with Gasteiger partial charge in [0, 0.05) is 0 Å². The molecule has 0 aliphatic heterocycles. The maximum atomic E-state index is 12.2. The Hall–Kier alpha value is -0.870. The van der Waals surface area contributed by atoms with Crippen molar-refractivity contribution in [1.29, 1.82) is 0 Å². The van der Waals surface area contributed by atoms with Crippen molar-refractivity contribution in [2.75, 3.05) is 0 Å². The topological polar surface area (TPSA) is 43.4 Å². The number of hydrogen-bond acceptors (Lipinski definition) is 3. The minimum atomic E-state index is -3.66. The van der Waals surface area contributed by atoms with Gasteiger partial charge in [0.1, 0.15) is 0 Å². The van der Waals surface area contributed by atoms with Crippen LogP contribution in [0.15, 0.2) is 29.2 Å². The van der Waals surface area contributed by atoms with Gasteiger partial charge in [-0.2, -0.15) is 8.42 Å². The minimum Gasteiger partial charge on any atom is -0.262 e. The highest BCUT2D eigenvalue weighted by Gasteiger charge is 2.56. The van der Waals surface area contributed by atoms with Gasteiger partial charge in [0.2, 0.25) is 0 Å². The Bertz CT molecular complexity index is 568. The van der Waals surface area contributed by atoms with E-state index in [0.29, 0.717) is 0 Å². The summed E-state index contributed by atoms with van der Waals surface area (Å²) in [7, 11) is -3.66. The maximum Gasteiger partial charge on any atom is 0.297 e. The van der Waals surface area contributed by atoms with Crippen LogP contribution in [0.4, 0.5) is 0 Å². The second-order valence-electron chi connectivity index (χ2n) is 6.66. The molecule has 0 aromatic heterocycles. The molecule has 4 heteroatoms. The van der Waals surface area contributed by atoms with E-state index in [1.807, 2.05) is 6.92 Å². The molecule has 1 aromatic rings.